The number of hydrogen-bond acceptors (Lipinski definition) is 3. The Morgan fingerprint density at radius 3 is 2.04 bits per heavy atom. The molecule has 4 rings (SSSR count). The van der Waals surface area contributed by atoms with Gasteiger partial charge in [-0.25, -0.2) is 0 Å². The maximum atomic E-state index is 13.1. The van der Waals surface area contributed by atoms with E-state index < -0.39 is 5.60 Å². The van der Waals surface area contributed by atoms with Gasteiger partial charge in [-0.3, -0.25) is 4.79 Å². The molecule has 2 saturated heterocycles. The molecule has 2 aromatic rings. The standard InChI is InChI=1S/C20H21NO3/c22-19(21-17-13-16-11-12-18(17)24-16)20(23,14-7-3-1-4-8-14)15-9-5-2-6-10-15/h1-10,16-18,23H,11-13H2,(H,21,22). The molecular weight excluding hydrogens is 302 g/mol. The molecule has 0 aromatic heterocycles. The van der Waals surface area contributed by atoms with E-state index >= 15 is 0 Å². The fraction of sp³-hybridized carbons (Fsp3) is 0.350. The number of hydrogen-bond donors (Lipinski definition) is 2. The average Bonchev–Trinajstić information content (AvgIpc) is 3.25. The van der Waals surface area contributed by atoms with Crippen LogP contribution in [-0.4, -0.2) is 29.3 Å². The Labute approximate surface area is 141 Å². The minimum absolute atomic E-state index is 0.0183. The first-order valence-corrected chi connectivity index (χ1v) is 8.48. The highest BCUT2D eigenvalue weighted by molar-refractivity contribution is 5.90. The Morgan fingerprint density at radius 2 is 1.58 bits per heavy atom. The van der Waals surface area contributed by atoms with Gasteiger partial charge in [0.1, 0.15) is 0 Å². The number of carbonyl (C=O) groups excluding carboxylic acids is 1. The summed E-state index contributed by atoms with van der Waals surface area (Å²) in [5.74, 6) is -0.388. The fourth-order valence-electron chi connectivity index (χ4n) is 3.85. The third kappa shape index (κ3) is 2.52. The van der Waals surface area contributed by atoms with Crippen molar-refractivity contribution in [3.63, 3.8) is 0 Å². The Hall–Kier alpha value is -2.17. The van der Waals surface area contributed by atoms with Gasteiger partial charge in [0.05, 0.1) is 18.2 Å². The van der Waals surface area contributed by atoms with Crippen molar-refractivity contribution in [3.8, 4) is 0 Å². The lowest BCUT2D eigenvalue weighted by molar-refractivity contribution is -0.137. The van der Waals surface area contributed by atoms with Crippen LogP contribution in [0, 0.1) is 0 Å². The fourth-order valence-corrected chi connectivity index (χ4v) is 3.85. The smallest absolute Gasteiger partial charge is 0.261 e. The number of nitrogens with one attached hydrogen (secondary N) is 1. The van der Waals surface area contributed by atoms with Gasteiger partial charge < -0.3 is 15.2 Å². The molecule has 3 atom stereocenters. The van der Waals surface area contributed by atoms with Crippen LogP contribution in [0.4, 0.5) is 0 Å². The zero-order chi connectivity index (χ0) is 16.6. The normalized spacial score (nSPS) is 25.6. The molecule has 2 N–H and O–H groups in total. The molecule has 2 aliphatic rings. The number of carbonyl (C=O) groups is 1. The predicted molar refractivity (Wildman–Crippen MR) is 90.3 cm³/mol. The van der Waals surface area contributed by atoms with Crippen LogP contribution in [0.1, 0.15) is 30.4 Å². The molecule has 0 saturated carbocycles. The lowest BCUT2D eigenvalue weighted by Gasteiger charge is -2.31. The van der Waals surface area contributed by atoms with E-state index in [1.165, 1.54) is 0 Å². The van der Waals surface area contributed by atoms with Gasteiger partial charge in [0.15, 0.2) is 5.60 Å². The summed E-state index contributed by atoms with van der Waals surface area (Å²) >= 11 is 0. The van der Waals surface area contributed by atoms with Crippen molar-refractivity contribution in [2.45, 2.75) is 43.1 Å². The lowest BCUT2D eigenvalue weighted by Crippen LogP contribution is -2.51. The number of rotatable bonds is 4. The molecule has 4 heteroatoms. The maximum absolute atomic E-state index is 13.1. The van der Waals surface area contributed by atoms with E-state index in [9.17, 15) is 9.90 Å². The summed E-state index contributed by atoms with van der Waals surface area (Å²) in [5, 5.41) is 14.4. The topological polar surface area (TPSA) is 58.6 Å². The molecule has 4 nitrogen and oxygen atoms in total. The average molecular weight is 323 g/mol. The molecule has 3 unspecified atom stereocenters. The van der Waals surface area contributed by atoms with Crippen LogP contribution in [-0.2, 0) is 15.1 Å². The molecular formula is C20H21NO3. The summed E-state index contributed by atoms with van der Waals surface area (Å²) < 4.78 is 5.81. The number of ether oxygens (including phenoxy) is 1. The van der Waals surface area contributed by atoms with Crippen molar-refractivity contribution in [3.05, 3.63) is 71.8 Å². The number of benzene rings is 2. The van der Waals surface area contributed by atoms with Gasteiger partial charge in [-0.2, -0.15) is 0 Å². The highest BCUT2D eigenvalue weighted by atomic mass is 16.5. The molecule has 2 bridgehead atoms. The van der Waals surface area contributed by atoms with Crippen molar-refractivity contribution in [1.82, 2.24) is 5.32 Å². The Balaban J connectivity index is 1.66. The molecule has 24 heavy (non-hydrogen) atoms. The van der Waals surface area contributed by atoms with Gasteiger partial charge in [0.2, 0.25) is 0 Å². The number of aliphatic hydroxyl groups is 1. The second-order valence-corrected chi connectivity index (χ2v) is 6.63. The van der Waals surface area contributed by atoms with Crippen LogP contribution in [0.2, 0.25) is 0 Å². The van der Waals surface area contributed by atoms with Gasteiger partial charge in [-0.15, -0.1) is 0 Å². The van der Waals surface area contributed by atoms with Crippen molar-refractivity contribution < 1.29 is 14.6 Å². The molecule has 2 heterocycles. The van der Waals surface area contributed by atoms with Crippen molar-refractivity contribution in [2.75, 3.05) is 0 Å². The maximum Gasteiger partial charge on any atom is 0.261 e. The van der Waals surface area contributed by atoms with Crippen LogP contribution in [0.5, 0.6) is 0 Å². The lowest BCUT2D eigenvalue weighted by atomic mass is 9.84. The molecule has 0 radical (unpaired) electrons. The van der Waals surface area contributed by atoms with Gasteiger partial charge in [0, 0.05) is 0 Å². The van der Waals surface area contributed by atoms with Gasteiger partial charge >= 0.3 is 0 Å². The van der Waals surface area contributed by atoms with Crippen molar-refractivity contribution in [2.24, 2.45) is 0 Å². The molecule has 124 valence electrons. The van der Waals surface area contributed by atoms with Gasteiger partial charge in [-0.05, 0) is 30.4 Å². The molecule has 0 spiro atoms. The third-order valence-electron chi connectivity index (χ3n) is 5.13. The molecule has 2 aliphatic heterocycles. The quantitative estimate of drug-likeness (QED) is 0.908. The molecule has 0 aliphatic carbocycles. The van der Waals surface area contributed by atoms with E-state index in [0.717, 1.165) is 19.3 Å². The Morgan fingerprint density at radius 1 is 1.00 bits per heavy atom. The van der Waals surface area contributed by atoms with Crippen molar-refractivity contribution >= 4 is 5.91 Å². The van der Waals surface area contributed by atoms with Gasteiger partial charge in [-0.1, -0.05) is 60.7 Å². The second-order valence-electron chi connectivity index (χ2n) is 6.63. The summed E-state index contributed by atoms with van der Waals surface area (Å²) in [5.41, 5.74) is -0.569. The summed E-state index contributed by atoms with van der Waals surface area (Å²) in [7, 11) is 0. The van der Waals surface area contributed by atoms with E-state index in [1.807, 2.05) is 36.4 Å². The summed E-state index contributed by atoms with van der Waals surface area (Å²) in [6, 6.07) is 18.2. The molecule has 2 aromatic carbocycles. The first-order valence-electron chi connectivity index (χ1n) is 8.48. The first-order chi connectivity index (χ1) is 11.7. The zero-order valence-corrected chi connectivity index (χ0v) is 13.4. The Kier molecular flexibility index (Phi) is 3.87. The van der Waals surface area contributed by atoms with Crippen LogP contribution >= 0.6 is 0 Å². The van der Waals surface area contributed by atoms with Crippen LogP contribution in [0.3, 0.4) is 0 Å². The molecule has 1 amide bonds. The van der Waals surface area contributed by atoms with E-state index in [2.05, 4.69) is 5.32 Å². The summed E-state index contributed by atoms with van der Waals surface area (Å²) in [6.45, 7) is 0. The van der Waals surface area contributed by atoms with E-state index in [4.69, 9.17) is 4.74 Å². The largest absolute Gasteiger partial charge is 0.373 e. The van der Waals surface area contributed by atoms with E-state index in [0.29, 0.717) is 11.1 Å². The molecule has 2 fully saturated rings. The zero-order valence-electron chi connectivity index (χ0n) is 13.4. The SMILES string of the molecule is O=C(NC1CC2CCC1O2)C(O)(c1ccccc1)c1ccccc1. The van der Waals surface area contributed by atoms with E-state index in [-0.39, 0.29) is 24.2 Å². The second kappa shape index (κ2) is 6.04. The third-order valence-corrected chi connectivity index (χ3v) is 5.13. The highest BCUT2D eigenvalue weighted by Gasteiger charge is 2.46. The van der Waals surface area contributed by atoms with Crippen LogP contribution in [0.15, 0.2) is 60.7 Å². The predicted octanol–water partition coefficient (Wildman–Crippen LogP) is 2.36. The van der Waals surface area contributed by atoms with Crippen LogP contribution in [0.25, 0.3) is 0 Å². The minimum Gasteiger partial charge on any atom is -0.373 e. The summed E-state index contributed by atoms with van der Waals surface area (Å²) in [4.78, 5) is 13.1. The number of fused-ring (bicyclic) bond motifs is 2. The van der Waals surface area contributed by atoms with Crippen LogP contribution < -0.4 is 5.32 Å². The van der Waals surface area contributed by atoms with Crippen molar-refractivity contribution in [1.29, 1.82) is 0 Å². The van der Waals surface area contributed by atoms with E-state index in [1.54, 1.807) is 24.3 Å². The Bertz CT molecular complexity index is 677. The first kappa shape index (κ1) is 15.4. The van der Waals surface area contributed by atoms with Gasteiger partial charge in [0.25, 0.3) is 5.91 Å². The highest BCUT2D eigenvalue weighted by Crippen LogP contribution is 2.36. The monoisotopic (exact) mass is 323 g/mol. The minimum atomic E-state index is -1.70. The number of amides is 1. The summed E-state index contributed by atoms with van der Waals surface area (Å²) in [6.07, 6.45) is 3.20.